The van der Waals surface area contributed by atoms with Crippen LogP contribution in [0.25, 0.3) is 0 Å². The molecule has 0 spiro atoms. The molecule has 0 amide bonds. The SMILES string of the molecule is Cc1ccc(S[C@@H]2O[C@@H](c3ccccc3)[C@H](Br)[C@H]2NS(=O)(=O)c2ccc(C)cc2)cc1. The first-order chi connectivity index (χ1) is 14.8. The Kier molecular flexibility index (Phi) is 6.89. The van der Waals surface area contributed by atoms with Crippen molar-refractivity contribution in [2.75, 3.05) is 0 Å². The lowest BCUT2D eigenvalue weighted by Gasteiger charge is -2.21. The maximum atomic E-state index is 13.1. The molecule has 4 atom stereocenters. The molecular formula is C24H24BrNO3S2. The van der Waals surface area contributed by atoms with Gasteiger partial charge in [-0.2, -0.15) is 0 Å². The number of hydrogen-bond acceptors (Lipinski definition) is 4. The van der Waals surface area contributed by atoms with E-state index in [1.54, 1.807) is 24.3 Å². The third kappa shape index (κ3) is 5.23. The van der Waals surface area contributed by atoms with Gasteiger partial charge in [-0.1, -0.05) is 93.4 Å². The van der Waals surface area contributed by atoms with Gasteiger partial charge in [0.1, 0.15) is 5.44 Å². The number of thioether (sulfide) groups is 1. The summed E-state index contributed by atoms with van der Waals surface area (Å²) in [5.41, 5.74) is 2.81. The molecule has 1 N–H and O–H groups in total. The third-order valence-electron chi connectivity index (χ3n) is 5.23. The van der Waals surface area contributed by atoms with Gasteiger partial charge < -0.3 is 4.74 Å². The molecule has 3 aromatic rings. The lowest BCUT2D eigenvalue weighted by Crippen LogP contribution is -2.43. The summed E-state index contributed by atoms with van der Waals surface area (Å²) in [6.07, 6.45) is -0.269. The van der Waals surface area contributed by atoms with Crippen LogP contribution in [0.2, 0.25) is 0 Å². The molecule has 1 aliphatic rings. The summed E-state index contributed by atoms with van der Waals surface area (Å²) in [5.74, 6) is 0. The highest BCUT2D eigenvalue weighted by atomic mass is 79.9. The first kappa shape index (κ1) is 22.6. The fourth-order valence-electron chi connectivity index (χ4n) is 3.48. The number of hydrogen-bond donors (Lipinski definition) is 1. The van der Waals surface area contributed by atoms with Crippen molar-refractivity contribution in [3.05, 3.63) is 95.6 Å². The first-order valence-electron chi connectivity index (χ1n) is 10.0. The Labute approximate surface area is 196 Å². The van der Waals surface area contributed by atoms with Gasteiger partial charge in [0.2, 0.25) is 10.0 Å². The van der Waals surface area contributed by atoms with Crippen molar-refractivity contribution in [3.8, 4) is 0 Å². The van der Waals surface area contributed by atoms with E-state index in [1.807, 2.05) is 68.4 Å². The summed E-state index contributed by atoms with van der Waals surface area (Å²) >= 11 is 5.27. The van der Waals surface area contributed by atoms with Crippen molar-refractivity contribution < 1.29 is 13.2 Å². The van der Waals surface area contributed by atoms with Gasteiger partial charge in [0.05, 0.1) is 21.9 Å². The van der Waals surface area contributed by atoms with E-state index in [-0.39, 0.29) is 15.8 Å². The molecule has 0 aliphatic carbocycles. The van der Waals surface area contributed by atoms with E-state index in [9.17, 15) is 8.42 Å². The van der Waals surface area contributed by atoms with Gasteiger partial charge in [-0.15, -0.1) is 0 Å². The highest BCUT2D eigenvalue weighted by Crippen LogP contribution is 2.44. The van der Waals surface area contributed by atoms with Crippen LogP contribution in [0.15, 0.2) is 88.7 Å². The average molecular weight is 518 g/mol. The largest absolute Gasteiger partial charge is 0.356 e. The predicted molar refractivity (Wildman–Crippen MR) is 129 cm³/mol. The smallest absolute Gasteiger partial charge is 0.240 e. The van der Waals surface area contributed by atoms with Crippen molar-refractivity contribution in [1.29, 1.82) is 0 Å². The molecule has 0 unspecified atom stereocenters. The van der Waals surface area contributed by atoms with Crippen LogP contribution in [-0.4, -0.2) is 24.7 Å². The Bertz CT molecular complexity index is 1120. The monoisotopic (exact) mass is 517 g/mol. The van der Waals surface area contributed by atoms with E-state index in [0.29, 0.717) is 0 Å². The number of rotatable bonds is 6. The quantitative estimate of drug-likeness (QED) is 0.432. The fraction of sp³-hybridized carbons (Fsp3) is 0.250. The van der Waals surface area contributed by atoms with Crippen LogP contribution >= 0.6 is 27.7 Å². The van der Waals surface area contributed by atoms with Gasteiger partial charge in [0.15, 0.2) is 0 Å². The summed E-state index contributed by atoms with van der Waals surface area (Å²) in [6, 6.07) is 24.5. The third-order valence-corrected chi connectivity index (χ3v) is 8.94. The molecule has 4 nitrogen and oxygen atoms in total. The molecule has 4 rings (SSSR count). The Morgan fingerprint density at radius 2 is 1.45 bits per heavy atom. The van der Waals surface area contributed by atoms with Crippen LogP contribution in [0.1, 0.15) is 22.8 Å². The summed E-state index contributed by atoms with van der Waals surface area (Å²) in [4.78, 5) is 1.06. The molecule has 3 aromatic carbocycles. The van der Waals surface area contributed by atoms with Crippen LogP contribution in [0.5, 0.6) is 0 Å². The molecule has 162 valence electrons. The molecule has 1 heterocycles. The van der Waals surface area contributed by atoms with Crippen LogP contribution in [-0.2, 0) is 14.8 Å². The zero-order valence-electron chi connectivity index (χ0n) is 17.2. The number of halogens is 1. The van der Waals surface area contributed by atoms with Gasteiger partial charge in [0.25, 0.3) is 0 Å². The van der Waals surface area contributed by atoms with Crippen LogP contribution < -0.4 is 4.72 Å². The summed E-state index contributed by atoms with van der Waals surface area (Å²) < 4.78 is 35.6. The topological polar surface area (TPSA) is 55.4 Å². The molecule has 7 heteroatoms. The molecule has 0 aromatic heterocycles. The zero-order chi connectivity index (χ0) is 22.0. The van der Waals surface area contributed by atoms with Crippen molar-refractivity contribution in [3.63, 3.8) is 0 Å². The minimum Gasteiger partial charge on any atom is -0.356 e. The number of alkyl halides is 1. The molecule has 1 aliphatic heterocycles. The highest BCUT2D eigenvalue weighted by molar-refractivity contribution is 9.09. The normalized spacial score (nSPS) is 23.7. The molecule has 1 fully saturated rings. The van der Waals surface area contributed by atoms with Gasteiger partial charge >= 0.3 is 0 Å². The number of aryl methyl sites for hydroxylation is 2. The van der Waals surface area contributed by atoms with Gasteiger partial charge in [0, 0.05) is 4.90 Å². The molecule has 1 saturated heterocycles. The minimum atomic E-state index is -3.70. The molecule has 0 saturated carbocycles. The first-order valence-corrected chi connectivity index (χ1v) is 13.3. The molecular weight excluding hydrogens is 494 g/mol. The zero-order valence-corrected chi connectivity index (χ0v) is 20.5. The lowest BCUT2D eigenvalue weighted by molar-refractivity contribution is 0.0918. The predicted octanol–water partition coefficient (Wildman–Crippen LogP) is 5.60. The number of sulfonamides is 1. The average Bonchev–Trinajstić information content (AvgIpc) is 3.05. The standard InChI is InChI=1S/C24H24BrNO3S2/c1-16-8-12-19(13-9-16)30-24-22(21(25)23(29-24)18-6-4-3-5-7-18)26-31(27,28)20-14-10-17(2)11-15-20/h3-15,21-24,26H,1-2H3/t21-,22-,23+,24+/m1/s1. The minimum absolute atomic E-state index is 0.224. The van der Waals surface area contributed by atoms with Crippen LogP contribution in [0.3, 0.4) is 0 Å². The molecule has 31 heavy (non-hydrogen) atoms. The Hall–Kier alpha value is -1.64. The second-order valence-electron chi connectivity index (χ2n) is 7.67. The van der Waals surface area contributed by atoms with E-state index >= 15 is 0 Å². The van der Waals surface area contributed by atoms with E-state index in [0.717, 1.165) is 16.0 Å². The number of nitrogens with one attached hydrogen (secondary N) is 1. The van der Waals surface area contributed by atoms with Crippen LogP contribution in [0, 0.1) is 13.8 Å². The van der Waals surface area contributed by atoms with Gasteiger partial charge in [-0.3, -0.25) is 0 Å². The Morgan fingerprint density at radius 1 is 0.871 bits per heavy atom. The van der Waals surface area contributed by atoms with Gasteiger partial charge in [-0.05, 0) is 43.7 Å². The fourth-order valence-corrected chi connectivity index (χ4v) is 7.17. The van der Waals surface area contributed by atoms with E-state index in [1.165, 1.54) is 17.3 Å². The Balaban J connectivity index is 1.63. The summed E-state index contributed by atoms with van der Waals surface area (Å²) in [6.45, 7) is 3.97. The Morgan fingerprint density at radius 3 is 2.06 bits per heavy atom. The summed E-state index contributed by atoms with van der Waals surface area (Å²) in [7, 11) is -3.70. The highest BCUT2D eigenvalue weighted by Gasteiger charge is 2.46. The molecule has 0 bridgehead atoms. The number of ether oxygens (including phenoxy) is 1. The van der Waals surface area contributed by atoms with Gasteiger partial charge in [-0.25, -0.2) is 13.1 Å². The van der Waals surface area contributed by atoms with Crippen molar-refractivity contribution >= 4 is 37.7 Å². The van der Waals surface area contributed by atoms with E-state index in [2.05, 4.69) is 20.7 Å². The van der Waals surface area contributed by atoms with Crippen molar-refractivity contribution in [1.82, 2.24) is 4.72 Å². The van der Waals surface area contributed by atoms with Crippen molar-refractivity contribution in [2.24, 2.45) is 0 Å². The maximum Gasteiger partial charge on any atom is 0.240 e. The second-order valence-corrected chi connectivity index (χ2v) is 11.6. The lowest BCUT2D eigenvalue weighted by atomic mass is 10.1. The second kappa shape index (κ2) is 9.46. The van der Waals surface area contributed by atoms with Crippen LogP contribution in [0.4, 0.5) is 0 Å². The molecule has 0 radical (unpaired) electrons. The maximum absolute atomic E-state index is 13.1. The number of benzene rings is 3. The van der Waals surface area contributed by atoms with E-state index < -0.39 is 21.5 Å². The van der Waals surface area contributed by atoms with E-state index in [4.69, 9.17) is 4.74 Å². The summed E-state index contributed by atoms with van der Waals surface area (Å²) in [5, 5.41) is 0. The van der Waals surface area contributed by atoms with Crippen molar-refractivity contribution in [2.45, 2.75) is 46.0 Å².